The molecule has 17 nitrogen and oxygen atoms in total. The average Bonchev–Trinajstić information content (AvgIpc) is 4.16. The van der Waals surface area contributed by atoms with Gasteiger partial charge in [0.2, 0.25) is 35.4 Å². The first-order valence-electron chi connectivity index (χ1n) is 27.4. The largest absolute Gasteiger partial charge is 0.474 e. The van der Waals surface area contributed by atoms with E-state index in [1.54, 1.807) is 24.7 Å². The van der Waals surface area contributed by atoms with E-state index < -0.39 is 17.2 Å². The number of anilines is 3. The molecule has 75 heavy (non-hydrogen) atoms. The Balaban J connectivity index is 0.715. The zero-order valence-corrected chi connectivity index (χ0v) is 42.9. The fourth-order valence-corrected chi connectivity index (χ4v) is 13.3. The SMILES string of the molecule is CC(C)n1cnc2cc(-c3ccc4c(c3)N(C3CC(N5CCCCC5)C3)C(=O)C43CCN(C(=O)[C@@H]4CCN(C(=O)C5CCC(Oc6ccc([C@H]7CCC(=O)NC7=O)cn6)CC5)C4)CC3)nc(Nc3ccncc3F)c21. The highest BCUT2D eigenvalue weighted by molar-refractivity contribution is 6.09. The van der Waals surface area contributed by atoms with Gasteiger partial charge in [-0.1, -0.05) is 24.6 Å². The summed E-state index contributed by atoms with van der Waals surface area (Å²) in [6, 6.07) is 14.0. The summed E-state index contributed by atoms with van der Waals surface area (Å²) >= 11 is 0. The van der Waals surface area contributed by atoms with E-state index in [0.29, 0.717) is 113 Å². The number of benzene rings is 1. The number of carbonyl (C=O) groups is 5. The van der Waals surface area contributed by atoms with Gasteiger partial charge in [0.1, 0.15) is 11.6 Å². The number of nitrogens with one attached hydrogen (secondary N) is 2. The monoisotopic (exact) mass is 1020 g/mol. The molecule has 2 atom stereocenters. The van der Waals surface area contributed by atoms with E-state index >= 15 is 9.18 Å². The maximum absolute atomic E-state index is 15.3. The van der Waals surface area contributed by atoms with E-state index in [1.807, 2.05) is 32.6 Å². The number of fused-ring (bicyclic) bond motifs is 3. The van der Waals surface area contributed by atoms with Crippen molar-refractivity contribution in [2.45, 2.75) is 139 Å². The van der Waals surface area contributed by atoms with Gasteiger partial charge >= 0.3 is 0 Å². The lowest BCUT2D eigenvalue weighted by Gasteiger charge is -2.48. The van der Waals surface area contributed by atoms with E-state index in [1.165, 1.54) is 31.7 Å². The van der Waals surface area contributed by atoms with E-state index in [-0.39, 0.29) is 65.2 Å². The van der Waals surface area contributed by atoms with Gasteiger partial charge in [-0.25, -0.2) is 19.3 Å². The molecule has 1 aromatic carbocycles. The van der Waals surface area contributed by atoms with Crippen LogP contribution < -0.4 is 20.3 Å². The van der Waals surface area contributed by atoms with Crippen LogP contribution in [0.4, 0.5) is 21.6 Å². The molecule has 5 aliphatic heterocycles. The molecule has 12 rings (SSSR count). The second-order valence-corrected chi connectivity index (χ2v) is 22.4. The van der Waals surface area contributed by atoms with Crippen molar-refractivity contribution in [3.8, 4) is 17.1 Å². The number of hydrogen-bond donors (Lipinski definition) is 2. The number of amides is 5. The van der Waals surface area contributed by atoms with Crippen LogP contribution in [0.1, 0.15) is 127 Å². The number of rotatable bonds is 11. The molecule has 5 aromatic rings. The first kappa shape index (κ1) is 49.1. The third-order valence-electron chi connectivity index (χ3n) is 17.7. The number of imidazole rings is 1. The number of ether oxygens (including phenoxy) is 1. The first-order valence-corrected chi connectivity index (χ1v) is 27.4. The summed E-state index contributed by atoms with van der Waals surface area (Å²) in [6.07, 6.45) is 16.8. The number of halogens is 1. The lowest BCUT2D eigenvalue weighted by molar-refractivity contribution is -0.140. The maximum atomic E-state index is 15.3. The first-order chi connectivity index (χ1) is 36.4. The van der Waals surface area contributed by atoms with Crippen molar-refractivity contribution in [3.05, 3.63) is 84.3 Å². The lowest BCUT2D eigenvalue weighted by Crippen LogP contribution is -2.58. The lowest BCUT2D eigenvalue weighted by atomic mass is 9.73. The van der Waals surface area contributed by atoms with Crippen molar-refractivity contribution in [3.63, 3.8) is 0 Å². The van der Waals surface area contributed by atoms with Gasteiger partial charge in [0.15, 0.2) is 11.6 Å². The minimum atomic E-state index is -0.768. The van der Waals surface area contributed by atoms with E-state index in [9.17, 15) is 19.2 Å². The predicted molar refractivity (Wildman–Crippen MR) is 278 cm³/mol. The van der Waals surface area contributed by atoms with E-state index in [2.05, 4.69) is 56.4 Å². The van der Waals surface area contributed by atoms with Crippen LogP contribution in [-0.4, -0.2) is 126 Å². The third-order valence-corrected chi connectivity index (χ3v) is 17.7. The molecule has 2 N–H and O–H groups in total. The fourth-order valence-electron chi connectivity index (χ4n) is 13.3. The summed E-state index contributed by atoms with van der Waals surface area (Å²) < 4.78 is 23.3. The van der Waals surface area contributed by atoms with Crippen molar-refractivity contribution in [2.24, 2.45) is 11.8 Å². The van der Waals surface area contributed by atoms with Gasteiger partial charge in [-0.05, 0) is 133 Å². The number of aromatic nitrogens is 5. The Morgan fingerprint density at radius 1 is 0.827 bits per heavy atom. The molecule has 7 aliphatic rings. The summed E-state index contributed by atoms with van der Waals surface area (Å²) in [5, 5.41) is 5.64. The van der Waals surface area contributed by atoms with Gasteiger partial charge in [0, 0.05) is 86.4 Å². The average molecular weight is 1020 g/mol. The highest BCUT2D eigenvalue weighted by atomic mass is 19.1. The molecular weight excluding hydrogens is 954 g/mol. The summed E-state index contributed by atoms with van der Waals surface area (Å²) in [5.41, 5.74) is 5.11. The van der Waals surface area contributed by atoms with Crippen molar-refractivity contribution in [1.29, 1.82) is 0 Å². The second kappa shape index (κ2) is 20.0. The standard InChI is InChI=1S/C57H66FN11O6/c1-34(2)68-33-61-47-29-46(63-52(51(47)68)62-45-16-20-59-31-44(45)58)36-8-13-43-48(26-36)69(40-27-39(28-40)65-21-4-3-5-22-65)56(74)57(43)18-24-66(25-19-57)55(73)38-17-23-67(32-38)54(72)35-6-10-41(11-7-35)75-50-15-9-37(30-60-50)42-12-14-49(70)64-53(42)71/h8-9,13,15-16,20,26,29-31,33-35,38-42H,3-7,10-12,14,17-19,21-25,27-28,32H2,1-2H3,(H,59,62,63)(H,64,70,71)/t35?,38-,39?,40?,41?,42-/m1/s1. The van der Waals surface area contributed by atoms with Gasteiger partial charge in [-0.15, -0.1) is 0 Å². The smallest absolute Gasteiger partial charge is 0.238 e. The van der Waals surface area contributed by atoms with Crippen molar-refractivity contribution in [1.82, 2.24) is 44.5 Å². The molecular formula is C57H66FN11O6. The zero-order valence-electron chi connectivity index (χ0n) is 42.9. The number of carbonyl (C=O) groups excluding carboxylic acids is 5. The van der Waals surface area contributed by atoms with Crippen LogP contribution in [0.5, 0.6) is 5.88 Å². The third kappa shape index (κ3) is 9.20. The fraction of sp³-hybridized carbons (Fsp3) is 0.526. The summed E-state index contributed by atoms with van der Waals surface area (Å²) in [6.45, 7) is 8.23. The topological polar surface area (TPSA) is 188 Å². The molecule has 9 heterocycles. The van der Waals surface area contributed by atoms with Crippen LogP contribution in [0, 0.1) is 17.7 Å². The minimum Gasteiger partial charge on any atom is -0.474 e. The van der Waals surface area contributed by atoms with Crippen LogP contribution in [-0.2, 0) is 29.4 Å². The molecule has 0 unspecified atom stereocenters. The predicted octanol–water partition coefficient (Wildman–Crippen LogP) is 7.58. The number of likely N-dealkylation sites (tertiary alicyclic amines) is 3. The quantitative estimate of drug-likeness (QED) is 0.124. The normalized spacial score (nSPS) is 25.9. The Labute approximate surface area is 436 Å². The van der Waals surface area contributed by atoms with Crippen LogP contribution in [0.15, 0.2) is 67.4 Å². The number of pyridine rings is 3. The molecule has 5 amide bonds. The van der Waals surface area contributed by atoms with Gasteiger partial charge in [-0.2, -0.15) is 0 Å². The van der Waals surface area contributed by atoms with Crippen molar-refractivity contribution in [2.75, 3.05) is 49.5 Å². The molecule has 4 saturated heterocycles. The van der Waals surface area contributed by atoms with Gasteiger partial charge in [0.25, 0.3) is 0 Å². The number of imide groups is 1. The van der Waals surface area contributed by atoms with Crippen LogP contribution in [0.25, 0.3) is 22.3 Å². The van der Waals surface area contributed by atoms with Crippen LogP contribution in [0.3, 0.4) is 0 Å². The van der Waals surface area contributed by atoms with Crippen molar-refractivity contribution >= 4 is 57.8 Å². The summed E-state index contributed by atoms with van der Waals surface area (Å²) in [4.78, 5) is 94.3. The molecule has 18 heteroatoms. The van der Waals surface area contributed by atoms with Gasteiger partial charge in [-0.3, -0.25) is 34.3 Å². The molecule has 2 aliphatic carbocycles. The molecule has 4 aromatic heterocycles. The summed E-state index contributed by atoms with van der Waals surface area (Å²) in [5.74, 6) is -0.622. The van der Waals surface area contributed by atoms with Crippen molar-refractivity contribution < 1.29 is 33.1 Å². The Morgan fingerprint density at radius 3 is 2.35 bits per heavy atom. The molecule has 0 bridgehead atoms. The number of piperidine rings is 3. The number of hydrogen-bond acceptors (Lipinski definition) is 12. The van der Waals surface area contributed by atoms with Crippen LogP contribution >= 0.6 is 0 Å². The highest BCUT2D eigenvalue weighted by Gasteiger charge is 2.56. The molecule has 6 fully saturated rings. The molecule has 392 valence electrons. The summed E-state index contributed by atoms with van der Waals surface area (Å²) in [7, 11) is 0. The highest BCUT2D eigenvalue weighted by Crippen LogP contribution is 2.52. The van der Waals surface area contributed by atoms with Crippen LogP contribution in [0.2, 0.25) is 0 Å². The molecule has 1 spiro atoms. The van der Waals surface area contributed by atoms with Gasteiger partial charge < -0.3 is 34.2 Å². The van der Waals surface area contributed by atoms with E-state index in [4.69, 9.17) is 14.7 Å². The molecule has 2 saturated carbocycles. The second-order valence-electron chi connectivity index (χ2n) is 22.4. The maximum Gasteiger partial charge on any atom is 0.238 e. The Kier molecular flexibility index (Phi) is 13.1. The van der Waals surface area contributed by atoms with Gasteiger partial charge in [0.05, 0.1) is 46.7 Å². The molecule has 0 radical (unpaired) electrons. The van der Waals surface area contributed by atoms with E-state index in [0.717, 1.165) is 53.8 Å². The Morgan fingerprint density at radius 2 is 1.61 bits per heavy atom. The number of nitrogens with zero attached hydrogens (tertiary/aromatic N) is 9. The zero-order chi connectivity index (χ0) is 51.5. The Bertz CT molecular complexity index is 3030. The minimum absolute atomic E-state index is 0.0621. The Hall–Kier alpha value is -6.82.